The van der Waals surface area contributed by atoms with Gasteiger partial charge in [-0.1, -0.05) is 15.9 Å². The summed E-state index contributed by atoms with van der Waals surface area (Å²) < 4.78 is 14.4. The van der Waals surface area contributed by atoms with Crippen LogP contribution in [0.5, 0.6) is 0 Å². The molecule has 0 amide bonds. The van der Waals surface area contributed by atoms with Gasteiger partial charge in [-0.25, -0.2) is 9.37 Å². The average Bonchev–Trinajstić information content (AvgIpc) is 2.83. The van der Waals surface area contributed by atoms with Crippen molar-refractivity contribution in [1.82, 2.24) is 15.3 Å². The van der Waals surface area contributed by atoms with Crippen molar-refractivity contribution in [2.45, 2.75) is 19.5 Å². The fourth-order valence-corrected chi connectivity index (χ4v) is 1.96. The number of benzene rings is 1. The fourth-order valence-electron chi connectivity index (χ4n) is 1.55. The molecule has 1 aromatic carbocycles. The molecule has 1 atom stereocenters. The summed E-state index contributed by atoms with van der Waals surface area (Å²) in [5.41, 5.74) is 0.637. The monoisotopic (exact) mass is 297 g/mol. The van der Waals surface area contributed by atoms with Crippen molar-refractivity contribution < 1.29 is 4.39 Å². The van der Waals surface area contributed by atoms with E-state index < -0.39 is 0 Å². The van der Waals surface area contributed by atoms with Gasteiger partial charge in [0.2, 0.25) is 0 Å². The van der Waals surface area contributed by atoms with E-state index in [1.165, 1.54) is 6.07 Å². The molecule has 17 heavy (non-hydrogen) atoms. The molecule has 2 N–H and O–H groups in total. The first kappa shape index (κ1) is 12.3. The molecule has 0 fully saturated rings. The molecule has 0 radical (unpaired) electrons. The van der Waals surface area contributed by atoms with E-state index in [4.69, 9.17) is 0 Å². The predicted octanol–water partition coefficient (Wildman–Crippen LogP) is 3.16. The molecule has 0 aliphatic heterocycles. The second kappa shape index (κ2) is 5.42. The largest absolute Gasteiger partial charge is 0.347 e. The molecule has 1 heterocycles. The molecule has 0 bridgehead atoms. The molecule has 90 valence electrons. The lowest BCUT2D eigenvalue weighted by Gasteiger charge is -2.12. The molecular weight excluding hydrogens is 285 g/mol. The summed E-state index contributed by atoms with van der Waals surface area (Å²) in [5, 5.41) is 3.21. The van der Waals surface area contributed by atoms with Gasteiger partial charge < -0.3 is 10.3 Å². The van der Waals surface area contributed by atoms with E-state index in [0.29, 0.717) is 12.1 Å². The highest BCUT2D eigenvalue weighted by atomic mass is 79.9. The van der Waals surface area contributed by atoms with Crippen LogP contribution in [0.3, 0.4) is 0 Å². The number of aromatic nitrogens is 2. The first-order chi connectivity index (χ1) is 8.16. The summed E-state index contributed by atoms with van der Waals surface area (Å²) in [5.74, 6) is 0.646. The number of imidazole rings is 1. The lowest BCUT2D eigenvalue weighted by atomic mass is 10.2. The van der Waals surface area contributed by atoms with Crippen molar-refractivity contribution in [3.8, 4) is 0 Å². The molecule has 0 spiro atoms. The van der Waals surface area contributed by atoms with Crippen molar-refractivity contribution >= 4 is 15.9 Å². The van der Waals surface area contributed by atoms with E-state index in [1.807, 2.05) is 6.92 Å². The Morgan fingerprint density at radius 1 is 1.53 bits per heavy atom. The Labute approximate surface area is 108 Å². The number of hydrogen-bond donors (Lipinski definition) is 2. The topological polar surface area (TPSA) is 40.7 Å². The van der Waals surface area contributed by atoms with Crippen LogP contribution in [0.2, 0.25) is 0 Å². The molecule has 0 aliphatic rings. The Hall–Kier alpha value is -1.20. The predicted molar refractivity (Wildman–Crippen MR) is 67.9 cm³/mol. The molecule has 1 unspecified atom stereocenters. The van der Waals surface area contributed by atoms with Crippen molar-refractivity contribution in [3.05, 3.63) is 52.3 Å². The van der Waals surface area contributed by atoms with Crippen LogP contribution in [0.4, 0.5) is 4.39 Å². The van der Waals surface area contributed by atoms with Gasteiger partial charge in [-0.05, 0) is 25.1 Å². The van der Waals surface area contributed by atoms with Gasteiger partial charge in [0.15, 0.2) is 0 Å². The Kier molecular flexibility index (Phi) is 3.91. The fraction of sp³-hybridized carbons (Fsp3) is 0.250. The number of H-pyrrole nitrogens is 1. The minimum atomic E-state index is -0.202. The number of nitrogens with zero attached hydrogens (tertiary/aromatic N) is 1. The smallest absolute Gasteiger partial charge is 0.127 e. The number of rotatable bonds is 4. The molecule has 1 aromatic heterocycles. The van der Waals surface area contributed by atoms with E-state index in [-0.39, 0.29) is 11.9 Å². The molecule has 2 aromatic rings. The lowest BCUT2D eigenvalue weighted by Crippen LogP contribution is -2.19. The van der Waals surface area contributed by atoms with E-state index in [1.54, 1.807) is 24.5 Å². The maximum absolute atomic E-state index is 13.5. The Balaban J connectivity index is 2.00. The molecule has 0 saturated carbocycles. The third-order valence-electron chi connectivity index (χ3n) is 2.54. The lowest BCUT2D eigenvalue weighted by molar-refractivity contribution is 0.528. The molecule has 0 aliphatic carbocycles. The van der Waals surface area contributed by atoms with Crippen LogP contribution in [0.25, 0.3) is 0 Å². The summed E-state index contributed by atoms with van der Waals surface area (Å²) in [7, 11) is 0. The van der Waals surface area contributed by atoms with Crippen LogP contribution in [0, 0.1) is 5.82 Å². The number of halogens is 2. The van der Waals surface area contributed by atoms with Gasteiger partial charge in [0.05, 0.1) is 6.04 Å². The Bertz CT molecular complexity index is 485. The highest BCUT2D eigenvalue weighted by Gasteiger charge is 2.08. The second-order valence-electron chi connectivity index (χ2n) is 3.81. The molecule has 5 heteroatoms. The normalized spacial score (nSPS) is 12.6. The van der Waals surface area contributed by atoms with Crippen molar-refractivity contribution in [2.75, 3.05) is 0 Å². The van der Waals surface area contributed by atoms with Gasteiger partial charge in [0, 0.05) is 29.0 Å². The van der Waals surface area contributed by atoms with E-state index in [2.05, 4.69) is 31.2 Å². The molecule has 0 saturated heterocycles. The van der Waals surface area contributed by atoms with E-state index >= 15 is 0 Å². The zero-order chi connectivity index (χ0) is 12.3. The van der Waals surface area contributed by atoms with Gasteiger partial charge in [0.1, 0.15) is 11.6 Å². The SMILES string of the molecule is CC(NCc1cc(Br)ccc1F)c1ncc[nH]1. The number of nitrogens with one attached hydrogen (secondary N) is 2. The van der Waals surface area contributed by atoms with Gasteiger partial charge in [0.25, 0.3) is 0 Å². The third kappa shape index (κ3) is 3.14. The zero-order valence-electron chi connectivity index (χ0n) is 9.37. The van der Waals surface area contributed by atoms with Crippen LogP contribution in [0.1, 0.15) is 24.4 Å². The standard InChI is InChI=1S/C12H13BrFN3/c1-8(12-15-4-5-16-12)17-7-9-6-10(13)2-3-11(9)14/h2-6,8,17H,7H2,1H3,(H,15,16). The zero-order valence-corrected chi connectivity index (χ0v) is 11.0. The minimum Gasteiger partial charge on any atom is -0.347 e. The van der Waals surface area contributed by atoms with Crippen LogP contribution < -0.4 is 5.32 Å². The van der Waals surface area contributed by atoms with Crippen LogP contribution in [-0.4, -0.2) is 9.97 Å². The first-order valence-corrected chi connectivity index (χ1v) is 6.12. The third-order valence-corrected chi connectivity index (χ3v) is 3.03. The quantitative estimate of drug-likeness (QED) is 0.910. The second-order valence-corrected chi connectivity index (χ2v) is 4.73. The highest BCUT2D eigenvalue weighted by molar-refractivity contribution is 9.10. The molecule has 2 rings (SSSR count). The molecule has 3 nitrogen and oxygen atoms in total. The highest BCUT2D eigenvalue weighted by Crippen LogP contribution is 2.16. The van der Waals surface area contributed by atoms with Gasteiger partial charge in [-0.2, -0.15) is 0 Å². The van der Waals surface area contributed by atoms with Crippen molar-refractivity contribution in [2.24, 2.45) is 0 Å². The van der Waals surface area contributed by atoms with E-state index in [0.717, 1.165) is 10.3 Å². The number of aromatic amines is 1. The maximum Gasteiger partial charge on any atom is 0.127 e. The summed E-state index contributed by atoms with van der Waals surface area (Å²) in [6.45, 7) is 2.45. The van der Waals surface area contributed by atoms with Crippen molar-refractivity contribution in [3.63, 3.8) is 0 Å². The van der Waals surface area contributed by atoms with Crippen LogP contribution >= 0.6 is 15.9 Å². The van der Waals surface area contributed by atoms with Gasteiger partial charge >= 0.3 is 0 Å². The maximum atomic E-state index is 13.5. The summed E-state index contributed by atoms with van der Waals surface area (Å²) in [4.78, 5) is 7.17. The summed E-state index contributed by atoms with van der Waals surface area (Å²) >= 11 is 3.33. The first-order valence-electron chi connectivity index (χ1n) is 5.33. The van der Waals surface area contributed by atoms with Gasteiger partial charge in [-0.15, -0.1) is 0 Å². The average molecular weight is 298 g/mol. The Morgan fingerprint density at radius 2 is 2.35 bits per heavy atom. The van der Waals surface area contributed by atoms with Gasteiger partial charge in [-0.3, -0.25) is 0 Å². The number of hydrogen-bond acceptors (Lipinski definition) is 2. The molecular formula is C12H13BrFN3. The summed E-state index contributed by atoms with van der Waals surface area (Å²) in [6.07, 6.45) is 3.47. The minimum absolute atomic E-state index is 0.0587. The van der Waals surface area contributed by atoms with Crippen LogP contribution in [-0.2, 0) is 6.54 Å². The van der Waals surface area contributed by atoms with E-state index in [9.17, 15) is 4.39 Å². The Morgan fingerprint density at radius 3 is 3.06 bits per heavy atom. The van der Waals surface area contributed by atoms with Crippen LogP contribution in [0.15, 0.2) is 35.1 Å². The summed E-state index contributed by atoms with van der Waals surface area (Å²) in [6, 6.07) is 4.98. The van der Waals surface area contributed by atoms with Crippen molar-refractivity contribution in [1.29, 1.82) is 0 Å².